The Morgan fingerprint density at radius 3 is 3.00 bits per heavy atom. The van der Waals surface area contributed by atoms with Gasteiger partial charge in [-0.3, -0.25) is 4.98 Å². The highest BCUT2D eigenvalue weighted by Gasteiger charge is 2.26. The third-order valence-corrected chi connectivity index (χ3v) is 5.85. The summed E-state index contributed by atoms with van der Waals surface area (Å²) in [6.07, 6.45) is 5.45. The van der Waals surface area contributed by atoms with Crippen LogP contribution in [-0.2, 0) is 10.0 Å². The average molecular weight is 305 g/mol. The van der Waals surface area contributed by atoms with Crippen molar-refractivity contribution < 1.29 is 8.42 Å². The summed E-state index contributed by atoms with van der Waals surface area (Å²) < 4.78 is 27.1. The molecule has 1 N–H and O–H groups in total. The molecular weight excluding hydrogens is 286 g/mol. The van der Waals surface area contributed by atoms with Gasteiger partial charge in [0.05, 0.1) is 4.90 Å². The van der Waals surface area contributed by atoms with Crippen LogP contribution in [0.25, 0.3) is 10.8 Å². The molecule has 0 radical (unpaired) electrons. The van der Waals surface area contributed by atoms with Crippen LogP contribution in [0.4, 0.5) is 0 Å². The van der Waals surface area contributed by atoms with Gasteiger partial charge in [0.15, 0.2) is 0 Å². The fourth-order valence-corrected chi connectivity index (χ4v) is 4.23. The van der Waals surface area contributed by atoms with Gasteiger partial charge in [0.2, 0.25) is 10.0 Å². The van der Waals surface area contributed by atoms with E-state index in [1.54, 1.807) is 37.6 Å². The molecule has 2 aromatic rings. The van der Waals surface area contributed by atoms with Crippen LogP contribution in [0, 0.1) is 0 Å². The van der Waals surface area contributed by atoms with E-state index in [-0.39, 0.29) is 6.04 Å². The van der Waals surface area contributed by atoms with Gasteiger partial charge in [-0.05, 0) is 31.5 Å². The van der Waals surface area contributed by atoms with Crippen molar-refractivity contribution in [3.05, 3.63) is 36.7 Å². The first kappa shape index (κ1) is 14.4. The minimum Gasteiger partial charge on any atom is -0.313 e. The molecule has 0 amide bonds. The molecule has 21 heavy (non-hydrogen) atoms. The summed E-state index contributed by atoms with van der Waals surface area (Å²) >= 11 is 0. The number of nitrogens with one attached hydrogen (secondary N) is 1. The first-order chi connectivity index (χ1) is 10.1. The van der Waals surface area contributed by atoms with Crippen molar-refractivity contribution in [2.45, 2.75) is 23.8 Å². The van der Waals surface area contributed by atoms with Gasteiger partial charge in [0.25, 0.3) is 0 Å². The number of pyridine rings is 1. The van der Waals surface area contributed by atoms with Gasteiger partial charge < -0.3 is 5.32 Å². The topological polar surface area (TPSA) is 62.3 Å². The fourth-order valence-electron chi connectivity index (χ4n) is 2.81. The van der Waals surface area contributed by atoms with Gasteiger partial charge in [-0.25, -0.2) is 8.42 Å². The molecule has 1 aromatic carbocycles. The normalized spacial score (nSPS) is 19.4. The Bertz CT molecular complexity index is 734. The lowest BCUT2D eigenvalue weighted by molar-refractivity contribution is 0.418. The summed E-state index contributed by atoms with van der Waals surface area (Å²) in [4.78, 5) is 4.40. The van der Waals surface area contributed by atoms with Crippen LogP contribution < -0.4 is 5.32 Å². The quantitative estimate of drug-likeness (QED) is 0.932. The van der Waals surface area contributed by atoms with Crippen LogP contribution in [0.2, 0.25) is 0 Å². The molecule has 1 saturated heterocycles. The lowest BCUT2D eigenvalue weighted by Crippen LogP contribution is -2.38. The van der Waals surface area contributed by atoms with Gasteiger partial charge in [0.1, 0.15) is 0 Å². The highest BCUT2D eigenvalue weighted by atomic mass is 32.2. The molecule has 1 aliphatic heterocycles. The van der Waals surface area contributed by atoms with E-state index in [4.69, 9.17) is 0 Å². The van der Waals surface area contributed by atoms with E-state index in [1.165, 1.54) is 4.31 Å². The zero-order valence-corrected chi connectivity index (χ0v) is 12.8. The highest BCUT2D eigenvalue weighted by molar-refractivity contribution is 7.89. The largest absolute Gasteiger partial charge is 0.313 e. The van der Waals surface area contributed by atoms with E-state index >= 15 is 0 Å². The van der Waals surface area contributed by atoms with Crippen molar-refractivity contribution in [2.75, 3.05) is 20.1 Å². The van der Waals surface area contributed by atoms with Crippen LogP contribution in [-0.4, -0.2) is 43.9 Å². The average Bonchev–Trinajstić information content (AvgIpc) is 2.99. The van der Waals surface area contributed by atoms with Gasteiger partial charge in [-0.15, -0.1) is 0 Å². The highest BCUT2D eigenvalue weighted by Crippen LogP contribution is 2.25. The molecule has 1 aromatic heterocycles. The SMILES string of the molecule is CN(CC1CCCN1)S(=O)(=O)c1cccc2cnccc12. The van der Waals surface area contributed by atoms with Crippen molar-refractivity contribution in [2.24, 2.45) is 0 Å². The third kappa shape index (κ3) is 2.79. The molecule has 112 valence electrons. The summed E-state index contributed by atoms with van der Waals surface area (Å²) in [5.74, 6) is 0. The van der Waals surface area contributed by atoms with Gasteiger partial charge in [-0.1, -0.05) is 12.1 Å². The third-order valence-electron chi connectivity index (χ3n) is 3.97. The summed E-state index contributed by atoms with van der Waals surface area (Å²) in [5.41, 5.74) is 0. The van der Waals surface area contributed by atoms with E-state index in [0.29, 0.717) is 11.4 Å². The number of fused-ring (bicyclic) bond motifs is 1. The van der Waals surface area contributed by atoms with Crippen LogP contribution in [0.5, 0.6) is 0 Å². The Hall–Kier alpha value is -1.50. The lowest BCUT2D eigenvalue weighted by atomic mass is 10.2. The number of hydrogen-bond acceptors (Lipinski definition) is 4. The van der Waals surface area contributed by atoms with E-state index in [9.17, 15) is 8.42 Å². The first-order valence-electron chi connectivity index (χ1n) is 7.11. The zero-order chi connectivity index (χ0) is 14.9. The van der Waals surface area contributed by atoms with Crippen molar-refractivity contribution >= 4 is 20.8 Å². The first-order valence-corrected chi connectivity index (χ1v) is 8.55. The van der Waals surface area contributed by atoms with Crippen LogP contribution in [0.15, 0.2) is 41.6 Å². The molecular formula is C15H19N3O2S. The van der Waals surface area contributed by atoms with Gasteiger partial charge >= 0.3 is 0 Å². The molecule has 0 spiro atoms. The summed E-state index contributed by atoms with van der Waals surface area (Å²) in [6.45, 7) is 1.47. The van der Waals surface area contributed by atoms with Crippen LogP contribution >= 0.6 is 0 Å². The van der Waals surface area contributed by atoms with Gasteiger partial charge in [-0.2, -0.15) is 4.31 Å². The maximum Gasteiger partial charge on any atom is 0.243 e. The number of nitrogens with zero attached hydrogens (tertiary/aromatic N) is 2. The summed E-state index contributed by atoms with van der Waals surface area (Å²) in [5, 5.41) is 4.89. The fraction of sp³-hybridized carbons (Fsp3) is 0.400. The molecule has 1 atom stereocenters. The minimum absolute atomic E-state index is 0.251. The van der Waals surface area contributed by atoms with E-state index in [0.717, 1.165) is 30.2 Å². The number of likely N-dealkylation sites (N-methyl/N-ethyl adjacent to an activating group) is 1. The van der Waals surface area contributed by atoms with Crippen molar-refractivity contribution in [3.63, 3.8) is 0 Å². The second kappa shape index (κ2) is 5.71. The van der Waals surface area contributed by atoms with E-state index < -0.39 is 10.0 Å². The maximum atomic E-state index is 12.8. The van der Waals surface area contributed by atoms with E-state index in [1.807, 2.05) is 6.07 Å². The van der Waals surface area contributed by atoms with Crippen molar-refractivity contribution in [1.29, 1.82) is 0 Å². The molecule has 0 bridgehead atoms. The van der Waals surface area contributed by atoms with Crippen molar-refractivity contribution in [3.8, 4) is 0 Å². The van der Waals surface area contributed by atoms with Crippen LogP contribution in [0.1, 0.15) is 12.8 Å². The Labute approximate surface area is 125 Å². The molecule has 0 saturated carbocycles. The molecule has 1 unspecified atom stereocenters. The molecule has 2 heterocycles. The molecule has 5 nitrogen and oxygen atoms in total. The zero-order valence-electron chi connectivity index (χ0n) is 12.0. The summed E-state index contributed by atoms with van der Waals surface area (Å²) in [7, 11) is -1.84. The molecule has 1 aliphatic rings. The predicted octanol–water partition coefficient (Wildman–Crippen LogP) is 1.61. The van der Waals surface area contributed by atoms with Crippen LogP contribution in [0.3, 0.4) is 0 Å². The number of sulfonamides is 1. The summed E-state index contributed by atoms with van der Waals surface area (Å²) in [6, 6.07) is 7.31. The Morgan fingerprint density at radius 2 is 2.24 bits per heavy atom. The number of aromatic nitrogens is 1. The number of benzene rings is 1. The molecule has 6 heteroatoms. The predicted molar refractivity (Wildman–Crippen MR) is 82.6 cm³/mol. The minimum atomic E-state index is -3.49. The lowest BCUT2D eigenvalue weighted by Gasteiger charge is -2.21. The van der Waals surface area contributed by atoms with Gasteiger partial charge in [0, 0.05) is 42.8 Å². The Kier molecular flexibility index (Phi) is 3.93. The molecule has 0 aliphatic carbocycles. The molecule has 3 rings (SSSR count). The molecule has 1 fully saturated rings. The Balaban J connectivity index is 1.95. The smallest absolute Gasteiger partial charge is 0.243 e. The number of hydrogen-bond donors (Lipinski definition) is 1. The monoisotopic (exact) mass is 305 g/mol. The second-order valence-corrected chi connectivity index (χ2v) is 7.45. The number of rotatable bonds is 4. The van der Waals surface area contributed by atoms with E-state index in [2.05, 4.69) is 10.3 Å². The standard InChI is InChI=1S/C15H19N3O2S/c1-18(11-13-5-3-8-17-13)21(19,20)15-6-2-4-12-10-16-9-7-14(12)15/h2,4,6-7,9-10,13,17H,3,5,8,11H2,1H3. The second-order valence-electron chi connectivity index (χ2n) is 5.43. The Morgan fingerprint density at radius 1 is 1.38 bits per heavy atom. The van der Waals surface area contributed by atoms with Crippen molar-refractivity contribution in [1.82, 2.24) is 14.6 Å². The maximum absolute atomic E-state index is 12.8.